The summed E-state index contributed by atoms with van der Waals surface area (Å²) in [5.74, 6) is 0.312. The number of anilines is 1. The highest BCUT2D eigenvalue weighted by atomic mass is 32.2. The van der Waals surface area contributed by atoms with Crippen molar-refractivity contribution in [2.45, 2.75) is 31.1 Å². The first-order valence-electron chi connectivity index (χ1n) is 8.25. The quantitative estimate of drug-likeness (QED) is 0.712. The molecule has 0 bridgehead atoms. The second-order valence-corrected chi connectivity index (χ2v) is 7.68. The van der Waals surface area contributed by atoms with Crippen LogP contribution in [-0.2, 0) is 19.6 Å². The van der Waals surface area contributed by atoms with Gasteiger partial charge in [0.25, 0.3) is 10.0 Å². The number of nitrogens with one attached hydrogen (secondary N) is 1. The Morgan fingerprint density at radius 2 is 1.73 bits per heavy atom. The van der Waals surface area contributed by atoms with Crippen LogP contribution in [0.3, 0.4) is 0 Å². The van der Waals surface area contributed by atoms with Gasteiger partial charge in [0.15, 0.2) is 0 Å². The number of methoxy groups -OCH3 is 1. The summed E-state index contributed by atoms with van der Waals surface area (Å²) in [6, 6.07) is 13.4. The van der Waals surface area contributed by atoms with Crippen LogP contribution >= 0.6 is 0 Å². The number of carbonyl (C=O) groups is 1. The van der Waals surface area contributed by atoms with Crippen LogP contribution in [0, 0.1) is 0 Å². The zero-order valence-electron chi connectivity index (χ0n) is 15.1. The Bertz CT molecular complexity index is 844. The molecule has 26 heavy (non-hydrogen) atoms. The molecule has 0 spiro atoms. The smallest absolute Gasteiger partial charge is 0.308 e. The zero-order valence-corrected chi connectivity index (χ0v) is 15.9. The number of ether oxygens (including phenoxy) is 2. The third-order valence-corrected chi connectivity index (χ3v) is 5.15. The van der Waals surface area contributed by atoms with Crippen molar-refractivity contribution in [1.29, 1.82) is 0 Å². The van der Waals surface area contributed by atoms with Crippen molar-refractivity contribution in [2.24, 2.45) is 0 Å². The molecule has 0 aliphatic rings. The van der Waals surface area contributed by atoms with Gasteiger partial charge in [0.2, 0.25) is 0 Å². The first kappa shape index (κ1) is 19.8. The van der Waals surface area contributed by atoms with E-state index in [-0.39, 0.29) is 29.8 Å². The van der Waals surface area contributed by atoms with Gasteiger partial charge in [-0.25, -0.2) is 8.42 Å². The zero-order chi connectivity index (χ0) is 19.2. The minimum Gasteiger partial charge on any atom is -0.493 e. The third kappa shape index (κ3) is 5.23. The van der Waals surface area contributed by atoms with Crippen molar-refractivity contribution in [3.05, 3.63) is 54.1 Å². The lowest BCUT2D eigenvalue weighted by atomic mass is 10.0. The lowest BCUT2D eigenvalue weighted by molar-refractivity contribution is -0.141. The molecule has 2 aromatic rings. The molecule has 0 unspecified atom stereocenters. The number of benzene rings is 2. The third-order valence-electron chi connectivity index (χ3n) is 3.76. The molecule has 2 aromatic carbocycles. The number of esters is 1. The van der Waals surface area contributed by atoms with E-state index in [0.717, 1.165) is 5.56 Å². The molecule has 2 rings (SSSR count). The lowest BCUT2D eigenvalue weighted by Crippen LogP contribution is -2.14. The number of para-hydroxylation sites is 1. The van der Waals surface area contributed by atoms with E-state index in [1.165, 1.54) is 19.2 Å². The Morgan fingerprint density at radius 3 is 2.35 bits per heavy atom. The van der Waals surface area contributed by atoms with Gasteiger partial charge < -0.3 is 9.47 Å². The fraction of sp³-hybridized carbons (Fsp3) is 0.316. The summed E-state index contributed by atoms with van der Waals surface area (Å²) in [6.45, 7) is 4.18. The summed E-state index contributed by atoms with van der Waals surface area (Å²) in [7, 11) is -2.39. The maximum absolute atomic E-state index is 12.6. The standard InChI is InChI=1S/C19H23NO5S/c1-14(2)17-6-4-5-7-18(17)20-26(22,23)16-10-8-15(9-11-16)25-13-12-19(21)24-3/h4-11,14,20H,12-13H2,1-3H3. The van der Waals surface area contributed by atoms with Crippen molar-refractivity contribution < 1.29 is 22.7 Å². The number of carbonyl (C=O) groups excluding carboxylic acids is 1. The monoisotopic (exact) mass is 377 g/mol. The first-order valence-corrected chi connectivity index (χ1v) is 9.73. The molecule has 0 amide bonds. The predicted octanol–water partition coefficient (Wildman–Crippen LogP) is 3.55. The minimum absolute atomic E-state index is 0.129. The molecule has 7 heteroatoms. The van der Waals surface area contributed by atoms with Crippen LogP contribution in [0.1, 0.15) is 31.7 Å². The summed E-state index contributed by atoms with van der Waals surface area (Å²) >= 11 is 0. The van der Waals surface area contributed by atoms with Crippen LogP contribution in [0.25, 0.3) is 0 Å². The van der Waals surface area contributed by atoms with Crippen molar-refractivity contribution in [1.82, 2.24) is 0 Å². The highest BCUT2D eigenvalue weighted by molar-refractivity contribution is 7.92. The maximum Gasteiger partial charge on any atom is 0.308 e. The van der Waals surface area contributed by atoms with Gasteiger partial charge in [-0.2, -0.15) is 0 Å². The molecule has 0 aromatic heterocycles. The Hall–Kier alpha value is -2.54. The predicted molar refractivity (Wildman–Crippen MR) is 99.9 cm³/mol. The van der Waals surface area contributed by atoms with Gasteiger partial charge in [0.1, 0.15) is 5.75 Å². The Morgan fingerprint density at radius 1 is 1.08 bits per heavy atom. The van der Waals surface area contributed by atoms with Crippen LogP contribution < -0.4 is 9.46 Å². The second kappa shape index (κ2) is 8.71. The highest BCUT2D eigenvalue weighted by Gasteiger charge is 2.17. The van der Waals surface area contributed by atoms with E-state index in [2.05, 4.69) is 9.46 Å². The first-order chi connectivity index (χ1) is 12.3. The van der Waals surface area contributed by atoms with Gasteiger partial charge in [0.05, 0.1) is 30.7 Å². The molecular weight excluding hydrogens is 354 g/mol. The SMILES string of the molecule is COC(=O)CCOc1ccc(S(=O)(=O)Nc2ccccc2C(C)C)cc1. The van der Waals surface area contributed by atoms with Crippen molar-refractivity contribution in [3.8, 4) is 5.75 Å². The van der Waals surface area contributed by atoms with Crippen molar-refractivity contribution in [3.63, 3.8) is 0 Å². The van der Waals surface area contributed by atoms with Crippen LogP contribution in [0.2, 0.25) is 0 Å². The lowest BCUT2D eigenvalue weighted by Gasteiger charge is -2.15. The Labute approximate surface area is 154 Å². The number of hydrogen-bond donors (Lipinski definition) is 1. The molecule has 6 nitrogen and oxygen atoms in total. The van der Waals surface area contributed by atoms with E-state index >= 15 is 0 Å². The van der Waals surface area contributed by atoms with Crippen LogP contribution in [-0.4, -0.2) is 28.1 Å². The largest absolute Gasteiger partial charge is 0.493 e. The summed E-state index contributed by atoms with van der Waals surface area (Å²) in [5.41, 5.74) is 1.50. The summed E-state index contributed by atoms with van der Waals surface area (Å²) in [4.78, 5) is 11.2. The molecule has 0 atom stereocenters. The average Bonchev–Trinajstić information content (AvgIpc) is 2.62. The summed E-state index contributed by atoms with van der Waals surface area (Å²) < 4.78 is 37.8. The molecule has 1 N–H and O–H groups in total. The Balaban J connectivity index is 2.09. The minimum atomic E-state index is -3.70. The van der Waals surface area contributed by atoms with Crippen LogP contribution in [0.4, 0.5) is 5.69 Å². The topological polar surface area (TPSA) is 81.7 Å². The molecule has 0 radical (unpaired) electrons. The van der Waals surface area contributed by atoms with Gasteiger partial charge in [-0.15, -0.1) is 0 Å². The van der Waals surface area contributed by atoms with E-state index in [4.69, 9.17) is 4.74 Å². The van der Waals surface area contributed by atoms with Gasteiger partial charge in [-0.05, 0) is 41.8 Å². The number of rotatable bonds is 8. The van der Waals surface area contributed by atoms with E-state index < -0.39 is 10.0 Å². The van der Waals surface area contributed by atoms with Crippen molar-refractivity contribution >= 4 is 21.7 Å². The van der Waals surface area contributed by atoms with Gasteiger partial charge >= 0.3 is 5.97 Å². The van der Waals surface area contributed by atoms with E-state index in [1.54, 1.807) is 24.3 Å². The number of sulfonamides is 1. The highest BCUT2D eigenvalue weighted by Crippen LogP contribution is 2.26. The molecule has 0 aliphatic carbocycles. The molecule has 0 saturated heterocycles. The molecule has 0 saturated carbocycles. The molecule has 140 valence electrons. The molecule has 0 heterocycles. The number of hydrogen-bond acceptors (Lipinski definition) is 5. The fourth-order valence-corrected chi connectivity index (χ4v) is 3.45. The molecule has 0 aliphatic heterocycles. The van der Waals surface area contributed by atoms with Gasteiger partial charge in [-0.3, -0.25) is 9.52 Å². The van der Waals surface area contributed by atoms with Crippen LogP contribution in [0.15, 0.2) is 53.4 Å². The van der Waals surface area contributed by atoms with Crippen LogP contribution in [0.5, 0.6) is 5.75 Å². The van der Waals surface area contributed by atoms with E-state index in [9.17, 15) is 13.2 Å². The van der Waals surface area contributed by atoms with E-state index in [1.807, 2.05) is 26.0 Å². The van der Waals surface area contributed by atoms with Crippen molar-refractivity contribution in [2.75, 3.05) is 18.4 Å². The molecule has 0 fully saturated rings. The summed E-state index contributed by atoms with van der Waals surface area (Å²) in [6.07, 6.45) is 0.129. The average molecular weight is 377 g/mol. The second-order valence-electron chi connectivity index (χ2n) is 5.99. The van der Waals surface area contributed by atoms with Gasteiger partial charge in [0, 0.05) is 0 Å². The Kier molecular flexibility index (Phi) is 6.63. The van der Waals surface area contributed by atoms with Gasteiger partial charge in [-0.1, -0.05) is 32.0 Å². The van der Waals surface area contributed by atoms with E-state index in [0.29, 0.717) is 11.4 Å². The summed E-state index contributed by atoms with van der Waals surface area (Å²) in [5, 5.41) is 0. The normalized spacial score (nSPS) is 11.2. The maximum atomic E-state index is 12.6. The fourth-order valence-electron chi connectivity index (χ4n) is 2.37. The molecular formula is C19H23NO5S.